The fourth-order valence-corrected chi connectivity index (χ4v) is 3.78. The van der Waals surface area contributed by atoms with Crippen molar-refractivity contribution in [2.24, 2.45) is 7.05 Å². The highest BCUT2D eigenvalue weighted by Crippen LogP contribution is 2.34. The van der Waals surface area contributed by atoms with Crippen LogP contribution in [0.5, 0.6) is 0 Å². The summed E-state index contributed by atoms with van der Waals surface area (Å²) in [6.45, 7) is 0.471. The summed E-state index contributed by atoms with van der Waals surface area (Å²) in [4.78, 5) is 1.08. The van der Waals surface area contributed by atoms with Crippen LogP contribution >= 0.6 is 23.4 Å². The van der Waals surface area contributed by atoms with Gasteiger partial charge in [-0.25, -0.2) is 0 Å². The molecule has 0 fully saturated rings. The standard InChI is InChI=1S/C20H19ClN2OS/c1-23-20(25-17-10-6-9-16(21)13-17)18(19(22-23)14-24-2)12-11-15-7-4-3-5-8-15/h3-13H,14H2,1-2H3/b12-11+. The molecular formula is C20H19ClN2OS. The molecule has 0 bridgehead atoms. The van der Waals surface area contributed by atoms with Gasteiger partial charge in [-0.15, -0.1) is 0 Å². The molecule has 1 aromatic heterocycles. The average molecular weight is 371 g/mol. The van der Waals surface area contributed by atoms with E-state index in [1.54, 1.807) is 18.9 Å². The molecule has 0 spiro atoms. The van der Waals surface area contributed by atoms with E-state index in [-0.39, 0.29) is 0 Å². The van der Waals surface area contributed by atoms with E-state index in [1.807, 2.05) is 54.2 Å². The lowest BCUT2D eigenvalue weighted by molar-refractivity contribution is 0.180. The molecule has 0 aliphatic carbocycles. The Morgan fingerprint density at radius 3 is 2.64 bits per heavy atom. The Bertz CT molecular complexity index is 875. The van der Waals surface area contributed by atoms with E-state index in [0.29, 0.717) is 6.61 Å². The lowest BCUT2D eigenvalue weighted by atomic mass is 10.1. The molecule has 0 atom stereocenters. The summed E-state index contributed by atoms with van der Waals surface area (Å²) in [6, 6.07) is 18.1. The first kappa shape index (κ1) is 17.8. The quantitative estimate of drug-likeness (QED) is 0.569. The fourth-order valence-electron chi connectivity index (χ4n) is 2.50. The lowest BCUT2D eigenvalue weighted by Crippen LogP contribution is -1.94. The first-order valence-electron chi connectivity index (χ1n) is 7.88. The van der Waals surface area contributed by atoms with Crippen molar-refractivity contribution in [1.29, 1.82) is 0 Å². The number of hydrogen-bond acceptors (Lipinski definition) is 3. The van der Waals surface area contributed by atoms with Gasteiger partial charge in [-0.1, -0.05) is 65.8 Å². The summed E-state index contributed by atoms with van der Waals surface area (Å²) in [5.41, 5.74) is 3.13. The smallest absolute Gasteiger partial charge is 0.106 e. The Morgan fingerprint density at radius 2 is 1.92 bits per heavy atom. The minimum atomic E-state index is 0.471. The molecule has 0 unspecified atom stereocenters. The third-order valence-corrected chi connectivity index (χ3v) is 5.04. The summed E-state index contributed by atoms with van der Waals surface area (Å²) in [6.07, 6.45) is 4.20. The lowest BCUT2D eigenvalue weighted by Gasteiger charge is -2.05. The zero-order valence-electron chi connectivity index (χ0n) is 14.1. The third-order valence-electron chi connectivity index (χ3n) is 3.64. The van der Waals surface area contributed by atoms with Crippen LogP contribution in [0.25, 0.3) is 12.2 Å². The minimum Gasteiger partial charge on any atom is -0.378 e. The van der Waals surface area contributed by atoms with E-state index in [2.05, 4.69) is 29.4 Å². The second-order valence-electron chi connectivity index (χ2n) is 5.53. The molecule has 0 saturated heterocycles. The molecule has 5 heteroatoms. The van der Waals surface area contributed by atoms with Crippen LogP contribution in [0.1, 0.15) is 16.8 Å². The van der Waals surface area contributed by atoms with E-state index < -0.39 is 0 Å². The van der Waals surface area contributed by atoms with E-state index in [9.17, 15) is 0 Å². The number of benzene rings is 2. The summed E-state index contributed by atoms with van der Waals surface area (Å²) in [7, 11) is 3.63. The Balaban J connectivity index is 1.97. The predicted molar refractivity (Wildman–Crippen MR) is 105 cm³/mol. The summed E-state index contributed by atoms with van der Waals surface area (Å²) in [5.74, 6) is 0. The molecule has 25 heavy (non-hydrogen) atoms. The largest absolute Gasteiger partial charge is 0.378 e. The van der Waals surface area contributed by atoms with Crippen molar-refractivity contribution in [2.45, 2.75) is 16.5 Å². The van der Waals surface area contributed by atoms with Crippen molar-refractivity contribution in [2.75, 3.05) is 7.11 Å². The molecule has 3 rings (SSSR count). The third kappa shape index (κ3) is 4.54. The summed E-state index contributed by atoms with van der Waals surface area (Å²) >= 11 is 7.76. The van der Waals surface area contributed by atoms with Crippen molar-refractivity contribution in [1.82, 2.24) is 9.78 Å². The van der Waals surface area contributed by atoms with Gasteiger partial charge in [-0.3, -0.25) is 4.68 Å². The van der Waals surface area contributed by atoms with E-state index in [0.717, 1.165) is 31.8 Å². The number of hydrogen-bond donors (Lipinski definition) is 0. The number of rotatable bonds is 6. The molecule has 2 aromatic carbocycles. The average Bonchev–Trinajstić information content (AvgIpc) is 2.89. The first-order chi connectivity index (χ1) is 12.2. The van der Waals surface area contributed by atoms with Crippen LogP contribution in [0.15, 0.2) is 64.5 Å². The maximum absolute atomic E-state index is 6.12. The fraction of sp³-hybridized carbons (Fsp3) is 0.150. The summed E-state index contributed by atoms with van der Waals surface area (Å²) in [5, 5.41) is 6.40. The number of ether oxygens (including phenoxy) is 1. The molecule has 3 aromatic rings. The monoisotopic (exact) mass is 370 g/mol. The van der Waals surface area contributed by atoms with Gasteiger partial charge in [0, 0.05) is 29.6 Å². The van der Waals surface area contributed by atoms with Crippen LogP contribution in [-0.2, 0) is 18.4 Å². The van der Waals surface area contributed by atoms with Crippen molar-refractivity contribution in [3.8, 4) is 0 Å². The molecular weight excluding hydrogens is 352 g/mol. The molecule has 0 saturated carbocycles. The predicted octanol–water partition coefficient (Wildman–Crippen LogP) is 5.54. The van der Waals surface area contributed by atoms with Gasteiger partial charge >= 0.3 is 0 Å². The molecule has 0 amide bonds. The normalized spacial score (nSPS) is 11.3. The van der Waals surface area contributed by atoms with Crippen molar-refractivity contribution < 1.29 is 4.74 Å². The van der Waals surface area contributed by atoms with Gasteiger partial charge in [0.25, 0.3) is 0 Å². The molecule has 0 aliphatic heterocycles. The molecule has 1 heterocycles. The number of methoxy groups -OCH3 is 1. The Morgan fingerprint density at radius 1 is 1.12 bits per heavy atom. The highest BCUT2D eigenvalue weighted by atomic mass is 35.5. The molecule has 3 nitrogen and oxygen atoms in total. The van der Waals surface area contributed by atoms with Crippen LogP contribution in [0, 0.1) is 0 Å². The second kappa shape index (κ2) is 8.39. The maximum Gasteiger partial charge on any atom is 0.106 e. The van der Waals surface area contributed by atoms with Gasteiger partial charge in [0.15, 0.2) is 0 Å². The Hall–Kier alpha value is -2.01. The van der Waals surface area contributed by atoms with Gasteiger partial charge in [-0.05, 0) is 29.8 Å². The maximum atomic E-state index is 6.12. The van der Waals surface area contributed by atoms with Crippen LogP contribution in [0.4, 0.5) is 0 Å². The first-order valence-corrected chi connectivity index (χ1v) is 9.08. The Labute approximate surface area is 157 Å². The highest BCUT2D eigenvalue weighted by molar-refractivity contribution is 7.99. The molecule has 0 N–H and O–H groups in total. The van der Waals surface area contributed by atoms with Crippen LogP contribution < -0.4 is 0 Å². The topological polar surface area (TPSA) is 27.1 Å². The highest BCUT2D eigenvalue weighted by Gasteiger charge is 2.15. The molecule has 0 aliphatic rings. The number of aryl methyl sites for hydroxylation is 1. The van der Waals surface area contributed by atoms with Crippen molar-refractivity contribution >= 4 is 35.5 Å². The minimum absolute atomic E-state index is 0.471. The zero-order chi connectivity index (χ0) is 17.6. The Kier molecular flexibility index (Phi) is 5.97. The number of halogens is 1. The second-order valence-corrected chi connectivity index (χ2v) is 7.02. The van der Waals surface area contributed by atoms with Gasteiger partial charge in [0.2, 0.25) is 0 Å². The summed E-state index contributed by atoms with van der Waals surface area (Å²) < 4.78 is 7.21. The van der Waals surface area contributed by atoms with Gasteiger partial charge < -0.3 is 4.74 Å². The van der Waals surface area contributed by atoms with Gasteiger partial charge in [0.05, 0.1) is 12.3 Å². The van der Waals surface area contributed by atoms with Crippen LogP contribution in [-0.4, -0.2) is 16.9 Å². The number of nitrogens with zero attached hydrogens (tertiary/aromatic N) is 2. The van der Waals surface area contributed by atoms with Crippen LogP contribution in [0.2, 0.25) is 5.02 Å². The van der Waals surface area contributed by atoms with Gasteiger partial charge in [0.1, 0.15) is 5.03 Å². The number of aromatic nitrogens is 2. The van der Waals surface area contributed by atoms with Crippen LogP contribution in [0.3, 0.4) is 0 Å². The van der Waals surface area contributed by atoms with Crippen molar-refractivity contribution in [3.63, 3.8) is 0 Å². The van der Waals surface area contributed by atoms with Crippen molar-refractivity contribution in [3.05, 3.63) is 76.4 Å². The van der Waals surface area contributed by atoms with E-state index in [4.69, 9.17) is 16.3 Å². The SMILES string of the molecule is COCc1nn(C)c(Sc2cccc(Cl)c2)c1/C=C/c1ccccc1. The van der Waals surface area contributed by atoms with Gasteiger partial charge in [-0.2, -0.15) is 5.10 Å². The molecule has 128 valence electrons. The molecule has 0 radical (unpaired) electrons. The van der Waals surface area contributed by atoms with E-state index in [1.165, 1.54) is 0 Å². The van der Waals surface area contributed by atoms with E-state index >= 15 is 0 Å². The zero-order valence-corrected chi connectivity index (χ0v) is 15.7.